The van der Waals surface area contributed by atoms with E-state index in [9.17, 15) is 0 Å². The molecule has 0 bridgehead atoms. The molecule has 0 aliphatic heterocycles. The molecule has 2 aromatic heterocycles. The number of methoxy groups -OCH3 is 1. The van der Waals surface area contributed by atoms with Crippen molar-refractivity contribution in [3.8, 4) is 34.1 Å². The Labute approximate surface area is 209 Å². The molecule has 0 spiro atoms. The molecule has 0 unspecified atom stereocenters. The molecule has 0 N–H and O–H groups in total. The third-order valence-electron chi connectivity index (χ3n) is 4.58. The molecule has 2 heterocycles. The van der Waals surface area contributed by atoms with E-state index in [0.29, 0.717) is 0 Å². The minimum Gasteiger partial charge on any atom is -0.497 e. The van der Waals surface area contributed by atoms with Crippen molar-refractivity contribution in [2.45, 2.75) is 0 Å². The van der Waals surface area contributed by atoms with Gasteiger partial charge in [-0.25, -0.2) is 0 Å². The van der Waals surface area contributed by atoms with Gasteiger partial charge in [-0.05, 0) is 30.0 Å². The first-order chi connectivity index (χ1) is 15.3. The maximum absolute atomic E-state index is 5.12. The molecule has 0 amide bonds. The van der Waals surface area contributed by atoms with Crippen LogP contribution in [-0.4, -0.2) is 21.6 Å². The van der Waals surface area contributed by atoms with E-state index in [1.54, 1.807) is 13.3 Å². The van der Waals surface area contributed by atoms with Crippen molar-refractivity contribution < 1.29 is 24.8 Å². The van der Waals surface area contributed by atoms with Crippen LogP contribution < -0.4 is 4.74 Å². The van der Waals surface area contributed by atoms with Gasteiger partial charge in [0.25, 0.3) is 0 Å². The van der Waals surface area contributed by atoms with E-state index in [4.69, 9.17) is 4.74 Å². The number of hydrogen-bond donors (Lipinski definition) is 0. The Kier molecular flexibility index (Phi) is 10.2. The van der Waals surface area contributed by atoms with Crippen LogP contribution in [0, 0.1) is 19.6 Å². The molecule has 5 rings (SSSR count). The van der Waals surface area contributed by atoms with Crippen LogP contribution in [0.4, 0.5) is 0 Å². The van der Waals surface area contributed by atoms with Gasteiger partial charge in [-0.1, -0.05) is 18.2 Å². The summed E-state index contributed by atoms with van der Waals surface area (Å²) in [5.74, 6) is 1.73. The number of pyridine rings is 1. The molecule has 0 aliphatic rings. The van der Waals surface area contributed by atoms with Crippen molar-refractivity contribution in [3.63, 3.8) is 0 Å². The number of para-hydroxylation sites is 1. The number of aromatic nitrogens is 3. The monoisotopic (exact) mass is 611 g/mol. The number of rotatable bonds is 4. The normalized spacial score (nSPS) is 9.48. The first-order valence-electron chi connectivity index (χ1n) is 9.88. The van der Waals surface area contributed by atoms with E-state index in [1.807, 2.05) is 91.3 Å². The van der Waals surface area contributed by atoms with Gasteiger partial charge in [-0.2, -0.15) is 0 Å². The number of ether oxygens (including phenoxy) is 1. The summed E-state index contributed by atoms with van der Waals surface area (Å²) in [5.41, 5.74) is 3.97. The van der Waals surface area contributed by atoms with Gasteiger partial charge in [0.1, 0.15) is 5.75 Å². The third kappa shape index (κ3) is 6.72. The second-order valence-electron chi connectivity index (χ2n) is 6.59. The van der Waals surface area contributed by atoms with Crippen LogP contribution in [0.3, 0.4) is 0 Å². The van der Waals surface area contributed by atoms with E-state index in [0.717, 1.165) is 34.1 Å². The number of benzene rings is 3. The quantitative estimate of drug-likeness (QED) is 0.223. The summed E-state index contributed by atoms with van der Waals surface area (Å²) in [6, 6.07) is 35.8. The molecule has 0 aliphatic carbocycles. The summed E-state index contributed by atoms with van der Waals surface area (Å²) < 4.78 is 7.18. The predicted molar refractivity (Wildman–Crippen MR) is 129 cm³/mol. The maximum Gasteiger partial charge on any atom is 3.00 e. The molecule has 0 saturated carbocycles. The van der Waals surface area contributed by atoms with Crippen molar-refractivity contribution in [1.29, 1.82) is 0 Å². The first kappa shape index (κ1) is 25.7. The molecule has 0 atom stereocenters. The van der Waals surface area contributed by atoms with Crippen LogP contribution >= 0.6 is 0 Å². The largest absolute Gasteiger partial charge is 3.00 e. The zero-order valence-electron chi connectivity index (χ0n) is 18.5. The van der Waals surface area contributed by atoms with Gasteiger partial charge in [0.2, 0.25) is 0 Å². The average molecular weight is 611 g/mol. The summed E-state index contributed by atoms with van der Waals surface area (Å²) in [7, 11) is 1.65. The molecule has 166 valence electrons. The molecule has 5 heteroatoms. The minimum atomic E-state index is 0. The second-order valence-corrected chi connectivity index (χ2v) is 6.59. The van der Waals surface area contributed by atoms with Crippen LogP contribution in [0.15, 0.2) is 110 Å². The minimum absolute atomic E-state index is 0. The number of hydrogen-bond acceptors (Lipinski definition) is 3. The number of nitrogens with zero attached hydrogens (tertiary/aromatic N) is 3. The van der Waals surface area contributed by atoms with Gasteiger partial charge in [-0.3, -0.25) is 4.98 Å². The van der Waals surface area contributed by atoms with Gasteiger partial charge in [0, 0.05) is 24.3 Å². The second kappa shape index (κ2) is 13.1. The Morgan fingerprint density at radius 3 is 2.06 bits per heavy atom. The Hall–Kier alpha value is -3.53. The molecule has 0 radical (unpaired) electrons. The smallest absolute Gasteiger partial charge is 0.497 e. The van der Waals surface area contributed by atoms with Crippen LogP contribution in [0.5, 0.6) is 5.75 Å². The van der Waals surface area contributed by atoms with Gasteiger partial charge in [-0.15, -0.1) is 71.8 Å². The maximum atomic E-state index is 5.12. The van der Waals surface area contributed by atoms with E-state index in [-0.39, 0.29) is 27.5 Å². The van der Waals surface area contributed by atoms with Crippen molar-refractivity contribution in [2.24, 2.45) is 0 Å². The van der Waals surface area contributed by atoms with Crippen LogP contribution in [0.1, 0.15) is 0 Å². The van der Waals surface area contributed by atoms with Crippen molar-refractivity contribution in [2.75, 3.05) is 7.11 Å². The fourth-order valence-electron chi connectivity index (χ4n) is 3.07. The van der Waals surface area contributed by atoms with E-state index in [1.165, 1.54) is 0 Å². The fourth-order valence-corrected chi connectivity index (χ4v) is 3.07. The number of imidazole rings is 1. The average Bonchev–Trinajstić information content (AvgIpc) is 3.36. The van der Waals surface area contributed by atoms with Crippen molar-refractivity contribution in [3.05, 3.63) is 129 Å². The molecule has 4 nitrogen and oxygen atoms in total. The van der Waals surface area contributed by atoms with E-state index in [2.05, 4.69) is 38.8 Å². The summed E-state index contributed by atoms with van der Waals surface area (Å²) in [6.07, 6.45) is 5.50. The Morgan fingerprint density at radius 1 is 0.758 bits per heavy atom. The van der Waals surface area contributed by atoms with Crippen molar-refractivity contribution in [1.82, 2.24) is 14.5 Å². The standard InChI is InChI=1S/C15H11N2.C12H10NO.CH3.Ir/c1-3-7-13(8-4-1)15-16-11-12-17(15)14-9-5-2-6-10-14;1-14-11-7-8-13-12(9-11)10-5-3-2-4-6-10;;/h1-7,9-12H;2-5,7-9H,1H3;1H3;/q3*-1;+3. The third-order valence-corrected chi connectivity index (χ3v) is 4.58. The van der Waals surface area contributed by atoms with Crippen LogP contribution in [-0.2, 0) is 20.1 Å². The summed E-state index contributed by atoms with van der Waals surface area (Å²) in [5, 5.41) is 0. The molecule has 0 fully saturated rings. The van der Waals surface area contributed by atoms with E-state index < -0.39 is 0 Å². The van der Waals surface area contributed by atoms with Gasteiger partial charge in [0.15, 0.2) is 0 Å². The molecule has 3 aromatic carbocycles. The molecule has 0 saturated heterocycles. The summed E-state index contributed by atoms with van der Waals surface area (Å²) in [4.78, 5) is 8.64. The summed E-state index contributed by atoms with van der Waals surface area (Å²) in [6.45, 7) is 0. The zero-order valence-corrected chi connectivity index (χ0v) is 20.9. The first-order valence-corrected chi connectivity index (χ1v) is 9.88. The topological polar surface area (TPSA) is 39.9 Å². The van der Waals surface area contributed by atoms with E-state index >= 15 is 0 Å². The van der Waals surface area contributed by atoms with Gasteiger partial charge in [0.05, 0.1) is 12.9 Å². The Morgan fingerprint density at radius 2 is 1.42 bits per heavy atom. The van der Waals surface area contributed by atoms with Gasteiger partial charge < -0.3 is 21.7 Å². The predicted octanol–water partition coefficient (Wildman–Crippen LogP) is 6.34. The van der Waals surface area contributed by atoms with Crippen LogP contribution in [0.2, 0.25) is 0 Å². The zero-order chi connectivity index (χ0) is 21.3. The van der Waals surface area contributed by atoms with Crippen LogP contribution in [0.25, 0.3) is 28.3 Å². The van der Waals surface area contributed by atoms with Gasteiger partial charge >= 0.3 is 20.1 Å². The van der Waals surface area contributed by atoms with Crippen molar-refractivity contribution >= 4 is 0 Å². The fraction of sp³-hybridized carbons (Fsp3) is 0.0357. The molecule has 5 aromatic rings. The molecular weight excluding hydrogens is 587 g/mol. The molecule has 33 heavy (non-hydrogen) atoms. The SMILES string of the molecule is COc1ccnc(-c2[c-]cccc2)c1.[CH3-].[Ir+3].[c-]1ccccc1-c1nccn1-c1ccccc1. The Bertz CT molecular complexity index is 1160. The summed E-state index contributed by atoms with van der Waals surface area (Å²) >= 11 is 0. The molecular formula is C28H24IrN3O. The Balaban J connectivity index is 0.000000224.